The molecule has 0 unspecified atom stereocenters. The van der Waals surface area contributed by atoms with Gasteiger partial charge in [-0.2, -0.15) is 0 Å². The number of likely N-dealkylation sites (N-methyl/N-ethyl adjacent to an activating group) is 1. The van der Waals surface area contributed by atoms with E-state index in [0.717, 1.165) is 0 Å². The van der Waals surface area contributed by atoms with Gasteiger partial charge in [0.15, 0.2) is 0 Å². The lowest BCUT2D eigenvalue weighted by Gasteiger charge is -2.35. The molecule has 19 heavy (non-hydrogen) atoms. The first-order chi connectivity index (χ1) is 8.99. The van der Waals surface area contributed by atoms with Crippen molar-refractivity contribution in [3.8, 4) is 0 Å². The number of carbonyl (C=O) groups excluding carboxylic acids is 2. The van der Waals surface area contributed by atoms with Crippen LogP contribution < -0.4 is 11.1 Å². The molecule has 3 N–H and O–H groups in total. The Morgan fingerprint density at radius 3 is 2.63 bits per heavy atom. The SMILES string of the molecule is COCCNC(=O)CN(C)C(=O)C1(N)CCOCC1. The highest BCUT2D eigenvalue weighted by atomic mass is 16.5. The summed E-state index contributed by atoms with van der Waals surface area (Å²) < 4.78 is 10.0. The van der Waals surface area contributed by atoms with Gasteiger partial charge in [-0.15, -0.1) is 0 Å². The fourth-order valence-corrected chi connectivity index (χ4v) is 1.97. The zero-order valence-corrected chi connectivity index (χ0v) is 11.6. The topological polar surface area (TPSA) is 93.9 Å². The molecule has 1 aliphatic rings. The van der Waals surface area contributed by atoms with Crippen LogP contribution in [0.2, 0.25) is 0 Å². The van der Waals surface area contributed by atoms with E-state index in [1.54, 1.807) is 14.2 Å². The number of nitrogens with two attached hydrogens (primary N) is 1. The molecule has 0 aromatic rings. The van der Waals surface area contributed by atoms with Crippen LogP contribution >= 0.6 is 0 Å². The number of carbonyl (C=O) groups is 2. The second-order valence-electron chi connectivity index (χ2n) is 4.77. The van der Waals surface area contributed by atoms with Crippen LogP contribution in [0.5, 0.6) is 0 Å². The Balaban J connectivity index is 2.41. The highest BCUT2D eigenvalue weighted by Crippen LogP contribution is 2.19. The Hall–Kier alpha value is -1.18. The van der Waals surface area contributed by atoms with Crippen molar-refractivity contribution in [2.75, 3.05) is 47.1 Å². The zero-order chi connectivity index (χ0) is 14.3. The molecule has 0 radical (unpaired) electrons. The molecule has 0 saturated carbocycles. The number of methoxy groups -OCH3 is 1. The Kier molecular flexibility index (Phi) is 6.20. The minimum atomic E-state index is -0.903. The molecule has 0 aromatic carbocycles. The molecule has 1 aliphatic heterocycles. The number of hydrogen-bond donors (Lipinski definition) is 2. The Morgan fingerprint density at radius 2 is 2.05 bits per heavy atom. The molecule has 2 amide bonds. The van der Waals surface area contributed by atoms with Crippen molar-refractivity contribution < 1.29 is 19.1 Å². The van der Waals surface area contributed by atoms with Gasteiger partial charge in [0.1, 0.15) is 0 Å². The van der Waals surface area contributed by atoms with Gasteiger partial charge in [-0.3, -0.25) is 9.59 Å². The zero-order valence-electron chi connectivity index (χ0n) is 11.6. The summed E-state index contributed by atoms with van der Waals surface area (Å²) in [4.78, 5) is 25.2. The first-order valence-electron chi connectivity index (χ1n) is 6.37. The van der Waals surface area contributed by atoms with Crippen LogP contribution in [0.25, 0.3) is 0 Å². The molecule has 0 aromatic heterocycles. The van der Waals surface area contributed by atoms with Gasteiger partial charge in [-0.05, 0) is 12.8 Å². The standard InChI is InChI=1S/C12H23N3O4/c1-15(9-10(16)14-5-8-18-2)11(17)12(13)3-6-19-7-4-12/h3-9,13H2,1-2H3,(H,14,16). The van der Waals surface area contributed by atoms with E-state index in [4.69, 9.17) is 15.2 Å². The highest BCUT2D eigenvalue weighted by molar-refractivity contribution is 5.90. The van der Waals surface area contributed by atoms with Crippen LogP contribution in [0.1, 0.15) is 12.8 Å². The van der Waals surface area contributed by atoms with Crippen molar-refractivity contribution in [2.24, 2.45) is 5.73 Å². The number of hydrogen-bond acceptors (Lipinski definition) is 5. The van der Waals surface area contributed by atoms with Gasteiger partial charge >= 0.3 is 0 Å². The fraction of sp³-hybridized carbons (Fsp3) is 0.833. The molecule has 1 fully saturated rings. The van der Waals surface area contributed by atoms with Gasteiger partial charge in [-0.1, -0.05) is 0 Å². The Bertz CT molecular complexity index is 316. The monoisotopic (exact) mass is 273 g/mol. The van der Waals surface area contributed by atoms with E-state index in [0.29, 0.717) is 39.2 Å². The molecule has 7 heteroatoms. The van der Waals surface area contributed by atoms with E-state index in [2.05, 4.69) is 5.32 Å². The third-order valence-corrected chi connectivity index (χ3v) is 3.17. The van der Waals surface area contributed by atoms with Gasteiger partial charge < -0.3 is 25.4 Å². The summed E-state index contributed by atoms with van der Waals surface area (Å²) in [5.74, 6) is -0.429. The molecule has 1 rings (SSSR count). The maximum Gasteiger partial charge on any atom is 0.243 e. The summed E-state index contributed by atoms with van der Waals surface area (Å²) in [7, 11) is 3.15. The molecule has 0 bridgehead atoms. The van der Waals surface area contributed by atoms with Crippen LogP contribution in [0, 0.1) is 0 Å². The average molecular weight is 273 g/mol. The van der Waals surface area contributed by atoms with E-state index < -0.39 is 5.54 Å². The lowest BCUT2D eigenvalue weighted by atomic mass is 9.90. The van der Waals surface area contributed by atoms with Crippen molar-refractivity contribution >= 4 is 11.8 Å². The van der Waals surface area contributed by atoms with Crippen molar-refractivity contribution in [1.82, 2.24) is 10.2 Å². The minimum absolute atomic E-state index is 0.00234. The number of nitrogens with zero attached hydrogens (tertiary/aromatic N) is 1. The van der Waals surface area contributed by atoms with E-state index >= 15 is 0 Å². The summed E-state index contributed by atoms with van der Waals surface area (Å²) in [5.41, 5.74) is 5.18. The fourth-order valence-electron chi connectivity index (χ4n) is 1.97. The molecular formula is C12H23N3O4. The van der Waals surface area contributed by atoms with Crippen LogP contribution in [0.3, 0.4) is 0 Å². The van der Waals surface area contributed by atoms with E-state index in [-0.39, 0.29) is 18.4 Å². The Labute approximate surface area is 113 Å². The smallest absolute Gasteiger partial charge is 0.243 e. The predicted octanol–water partition coefficient (Wildman–Crippen LogP) is -1.28. The van der Waals surface area contributed by atoms with Gasteiger partial charge in [0.2, 0.25) is 11.8 Å². The number of nitrogens with one attached hydrogen (secondary N) is 1. The van der Waals surface area contributed by atoms with E-state index in [1.807, 2.05) is 0 Å². The molecular weight excluding hydrogens is 250 g/mol. The number of amides is 2. The maximum atomic E-state index is 12.2. The molecule has 1 heterocycles. The van der Waals surface area contributed by atoms with E-state index in [1.165, 1.54) is 4.90 Å². The summed E-state index contributed by atoms with van der Waals surface area (Å²) in [6.45, 7) is 1.84. The molecule has 0 aliphatic carbocycles. The predicted molar refractivity (Wildman–Crippen MR) is 69.5 cm³/mol. The average Bonchev–Trinajstić information content (AvgIpc) is 2.39. The van der Waals surface area contributed by atoms with Crippen LogP contribution in [-0.2, 0) is 19.1 Å². The molecule has 0 atom stereocenters. The molecule has 7 nitrogen and oxygen atoms in total. The third kappa shape index (κ3) is 4.77. The van der Waals surface area contributed by atoms with Crippen molar-refractivity contribution in [3.63, 3.8) is 0 Å². The second kappa shape index (κ2) is 7.42. The largest absolute Gasteiger partial charge is 0.383 e. The van der Waals surface area contributed by atoms with Crippen LogP contribution in [0.15, 0.2) is 0 Å². The van der Waals surface area contributed by atoms with Gasteiger partial charge in [0.05, 0.1) is 18.7 Å². The summed E-state index contributed by atoms with van der Waals surface area (Å²) in [6, 6.07) is 0. The lowest BCUT2D eigenvalue weighted by Crippen LogP contribution is -2.58. The van der Waals surface area contributed by atoms with Crippen molar-refractivity contribution in [1.29, 1.82) is 0 Å². The summed E-state index contributed by atoms with van der Waals surface area (Å²) in [5, 5.41) is 2.66. The number of rotatable bonds is 6. The highest BCUT2D eigenvalue weighted by Gasteiger charge is 2.38. The number of ether oxygens (including phenoxy) is 2. The molecule has 1 saturated heterocycles. The quantitative estimate of drug-likeness (QED) is 0.588. The summed E-state index contributed by atoms with van der Waals surface area (Å²) in [6.07, 6.45) is 0.975. The van der Waals surface area contributed by atoms with Crippen LogP contribution in [-0.4, -0.2) is 69.3 Å². The van der Waals surface area contributed by atoms with Crippen LogP contribution in [0.4, 0.5) is 0 Å². The van der Waals surface area contributed by atoms with E-state index in [9.17, 15) is 9.59 Å². The first-order valence-corrected chi connectivity index (χ1v) is 6.37. The third-order valence-electron chi connectivity index (χ3n) is 3.17. The normalized spacial score (nSPS) is 17.8. The maximum absolute atomic E-state index is 12.2. The van der Waals surface area contributed by atoms with Crippen molar-refractivity contribution in [2.45, 2.75) is 18.4 Å². The van der Waals surface area contributed by atoms with Gasteiger partial charge in [0, 0.05) is 33.9 Å². The first kappa shape index (κ1) is 15.9. The minimum Gasteiger partial charge on any atom is -0.383 e. The lowest BCUT2D eigenvalue weighted by molar-refractivity contribution is -0.142. The van der Waals surface area contributed by atoms with Crippen molar-refractivity contribution in [3.05, 3.63) is 0 Å². The Morgan fingerprint density at radius 1 is 1.42 bits per heavy atom. The summed E-state index contributed by atoms with van der Waals surface area (Å²) >= 11 is 0. The van der Waals surface area contributed by atoms with Gasteiger partial charge in [0.25, 0.3) is 0 Å². The van der Waals surface area contributed by atoms with Gasteiger partial charge in [-0.25, -0.2) is 0 Å². The second-order valence-corrected chi connectivity index (χ2v) is 4.77. The molecule has 110 valence electrons. The molecule has 0 spiro atoms.